The quantitative estimate of drug-likeness (QED) is 0.841. The second kappa shape index (κ2) is 6.86. The summed E-state index contributed by atoms with van der Waals surface area (Å²) in [6.07, 6.45) is 1.41. The predicted molar refractivity (Wildman–Crippen MR) is 76.9 cm³/mol. The maximum Gasteiger partial charge on any atom is 0.232 e. The molecule has 0 bridgehead atoms. The van der Waals surface area contributed by atoms with Crippen molar-refractivity contribution in [1.29, 1.82) is 0 Å². The fraction of sp³-hybridized carbons (Fsp3) is 0.500. The molecule has 0 heterocycles. The van der Waals surface area contributed by atoms with Gasteiger partial charge in [-0.3, -0.25) is 4.72 Å². The molecule has 1 aromatic rings. The Balaban J connectivity index is 3.05. The highest BCUT2D eigenvalue weighted by molar-refractivity contribution is 7.92. The van der Waals surface area contributed by atoms with Crippen LogP contribution >= 0.6 is 11.6 Å². The number of halogens is 1. The van der Waals surface area contributed by atoms with Crippen LogP contribution in [0.25, 0.3) is 0 Å². The third-order valence-electron chi connectivity index (χ3n) is 2.51. The number of rotatable bonds is 7. The van der Waals surface area contributed by atoms with Gasteiger partial charge < -0.3 is 9.47 Å². The first-order chi connectivity index (χ1) is 8.93. The van der Waals surface area contributed by atoms with Crippen molar-refractivity contribution in [3.63, 3.8) is 0 Å². The van der Waals surface area contributed by atoms with Gasteiger partial charge in [-0.25, -0.2) is 8.42 Å². The van der Waals surface area contributed by atoms with Crippen LogP contribution in [0.1, 0.15) is 19.8 Å². The van der Waals surface area contributed by atoms with E-state index in [1.165, 1.54) is 26.4 Å². The van der Waals surface area contributed by atoms with Crippen LogP contribution in [0.4, 0.5) is 5.69 Å². The Labute approximate surface area is 118 Å². The lowest BCUT2D eigenvalue weighted by molar-refractivity contribution is 0.405. The normalized spacial score (nSPS) is 11.2. The summed E-state index contributed by atoms with van der Waals surface area (Å²) in [7, 11) is -0.488. The van der Waals surface area contributed by atoms with E-state index in [9.17, 15) is 8.42 Å². The molecule has 0 fully saturated rings. The Kier molecular flexibility index (Phi) is 5.75. The van der Waals surface area contributed by atoms with Crippen molar-refractivity contribution in [1.82, 2.24) is 0 Å². The summed E-state index contributed by atoms with van der Waals surface area (Å²) in [5.74, 6) is 0.805. The van der Waals surface area contributed by atoms with Crippen molar-refractivity contribution in [2.75, 3.05) is 24.7 Å². The fourth-order valence-corrected chi connectivity index (χ4v) is 2.99. The third-order valence-corrected chi connectivity index (χ3v) is 4.16. The first-order valence-electron chi connectivity index (χ1n) is 5.85. The van der Waals surface area contributed by atoms with E-state index in [4.69, 9.17) is 21.1 Å². The molecule has 0 saturated heterocycles. The average Bonchev–Trinajstić information content (AvgIpc) is 2.37. The topological polar surface area (TPSA) is 64.6 Å². The van der Waals surface area contributed by atoms with E-state index in [1.807, 2.05) is 6.92 Å². The Morgan fingerprint density at radius 1 is 1.21 bits per heavy atom. The zero-order valence-electron chi connectivity index (χ0n) is 11.2. The average molecular weight is 308 g/mol. The molecule has 0 aliphatic heterocycles. The highest BCUT2D eigenvalue weighted by Gasteiger charge is 2.15. The predicted octanol–water partition coefficient (Wildman–Crippen LogP) is 2.90. The smallest absolute Gasteiger partial charge is 0.232 e. The summed E-state index contributed by atoms with van der Waals surface area (Å²) in [4.78, 5) is 0. The van der Waals surface area contributed by atoms with Gasteiger partial charge in [0.25, 0.3) is 0 Å². The van der Waals surface area contributed by atoms with Gasteiger partial charge in [-0.15, -0.1) is 0 Å². The maximum absolute atomic E-state index is 11.9. The van der Waals surface area contributed by atoms with Gasteiger partial charge in [0.05, 0.1) is 30.7 Å². The standard InChI is InChI=1S/C12H18ClNO4S/c1-4-5-6-19(15,16)14-10-8-11(17-2)9(13)7-12(10)18-3/h7-8,14H,4-6H2,1-3H3. The molecule has 0 aliphatic carbocycles. The van der Waals surface area contributed by atoms with Gasteiger partial charge in [0.1, 0.15) is 11.5 Å². The molecule has 0 saturated carbocycles. The van der Waals surface area contributed by atoms with Crippen LogP contribution in [0.15, 0.2) is 12.1 Å². The van der Waals surface area contributed by atoms with Crippen molar-refractivity contribution >= 4 is 27.3 Å². The second-order valence-electron chi connectivity index (χ2n) is 3.96. The number of ether oxygens (including phenoxy) is 2. The van der Waals surface area contributed by atoms with E-state index >= 15 is 0 Å². The second-order valence-corrected chi connectivity index (χ2v) is 6.21. The van der Waals surface area contributed by atoms with Gasteiger partial charge in [-0.05, 0) is 6.42 Å². The molecule has 0 aliphatic rings. The van der Waals surface area contributed by atoms with E-state index in [0.29, 0.717) is 28.6 Å². The van der Waals surface area contributed by atoms with Crippen LogP contribution in [0.3, 0.4) is 0 Å². The molecular weight excluding hydrogens is 290 g/mol. The summed E-state index contributed by atoms with van der Waals surface area (Å²) in [6, 6.07) is 3.02. The molecule has 0 atom stereocenters. The zero-order chi connectivity index (χ0) is 14.5. The number of anilines is 1. The molecule has 108 valence electrons. The van der Waals surface area contributed by atoms with Crippen LogP contribution in [-0.4, -0.2) is 28.4 Å². The minimum absolute atomic E-state index is 0.0671. The molecular formula is C12H18ClNO4S. The van der Waals surface area contributed by atoms with Crippen molar-refractivity contribution in [3.05, 3.63) is 17.2 Å². The van der Waals surface area contributed by atoms with Crippen molar-refractivity contribution in [2.24, 2.45) is 0 Å². The molecule has 0 amide bonds. The first kappa shape index (κ1) is 15.9. The Morgan fingerprint density at radius 2 is 1.84 bits per heavy atom. The summed E-state index contributed by atoms with van der Waals surface area (Å²) in [5.41, 5.74) is 0.319. The number of nitrogens with one attached hydrogen (secondary N) is 1. The van der Waals surface area contributed by atoms with Gasteiger partial charge in [0, 0.05) is 12.1 Å². The molecule has 1 rings (SSSR count). The molecule has 0 spiro atoms. The lowest BCUT2D eigenvalue weighted by Crippen LogP contribution is -2.17. The lowest BCUT2D eigenvalue weighted by Gasteiger charge is -2.14. The van der Waals surface area contributed by atoms with E-state index in [1.54, 1.807) is 0 Å². The Morgan fingerprint density at radius 3 is 2.37 bits per heavy atom. The van der Waals surface area contributed by atoms with Crippen molar-refractivity contribution in [3.8, 4) is 11.5 Å². The fourth-order valence-electron chi connectivity index (χ4n) is 1.49. The van der Waals surface area contributed by atoms with Crippen LogP contribution in [-0.2, 0) is 10.0 Å². The molecule has 7 heteroatoms. The van der Waals surface area contributed by atoms with E-state index < -0.39 is 10.0 Å². The number of hydrogen-bond donors (Lipinski definition) is 1. The molecule has 0 unspecified atom stereocenters. The summed E-state index contributed by atoms with van der Waals surface area (Å²) < 4.78 is 36.4. The van der Waals surface area contributed by atoms with E-state index in [0.717, 1.165) is 6.42 Å². The van der Waals surface area contributed by atoms with Gasteiger partial charge >= 0.3 is 0 Å². The lowest BCUT2D eigenvalue weighted by atomic mass is 10.3. The monoisotopic (exact) mass is 307 g/mol. The van der Waals surface area contributed by atoms with Crippen molar-refractivity contribution < 1.29 is 17.9 Å². The van der Waals surface area contributed by atoms with E-state index in [-0.39, 0.29) is 5.75 Å². The number of benzene rings is 1. The molecule has 19 heavy (non-hydrogen) atoms. The number of unbranched alkanes of at least 4 members (excludes halogenated alkanes) is 1. The molecule has 1 N–H and O–H groups in total. The van der Waals surface area contributed by atoms with Crippen molar-refractivity contribution in [2.45, 2.75) is 19.8 Å². The SMILES string of the molecule is CCCCS(=O)(=O)Nc1cc(OC)c(Cl)cc1OC. The van der Waals surface area contributed by atoms with Gasteiger partial charge in [-0.1, -0.05) is 24.9 Å². The Hall–Kier alpha value is -1.14. The first-order valence-corrected chi connectivity index (χ1v) is 7.88. The van der Waals surface area contributed by atoms with Gasteiger partial charge in [-0.2, -0.15) is 0 Å². The van der Waals surface area contributed by atoms with Gasteiger partial charge in [0.2, 0.25) is 10.0 Å². The van der Waals surface area contributed by atoms with E-state index in [2.05, 4.69) is 4.72 Å². The van der Waals surface area contributed by atoms with Gasteiger partial charge in [0.15, 0.2) is 0 Å². The highest BCUT2D eigenvalue weighted by Crippen LogP contribution is 2.36. The summed E-state index contributed by atoms with van der Waals surface area (Å²) in [6.45, 7) is 1.93. The van der Waals surface area contributed by atoms with Crippen LogP contribution < -0.4 is 14.2 Å². The number of sulfonamides is 1. The number of hydrogen-bond acceptors (Lipinski definition) is 4. The van der Waals surface area contributed by atoms with Crippen LogP contribution in [0, 0.1) is 0 Å². The number of methoxy groups -OCH3 is 2. The third kappa shape index (κ3) is 4.47. The highest BCUT2D eigenvalue weighted by atomic mass is 35.5. The molecule has 0 radical (unpaired) electrons. The summed E-state index contributed by atoms with van der Waals surface area (Å²) >= 11 is 5.95. The maximum atomic E-state index is 11.9. The minimum atomic E-state index is -3.40. The molecule has 1 aromatic carbocycles. The van der Waals surface area contributed by atoms with Crippen LogP contribution in [0.5, 0.6) is 11.5 Å². The minimum Gasteiger partial charge on any atom is -0.495 e. The zero-order valence-corrected chi connectivity index (χ0v) is 12.8. The van der Waals surface area contributed by atoms with Crippen LogP contribution in [0.2, 0.25) is 5.02 Å². The Bertz CT molecular complexity index is 531. The molecule has 0 aromatic heterocycles. The summed E-state index contributed by atoms with van der Waals surface area (Å²) in [5, 5.41) is 0.357. The molecule has 5 nitrogen and oxygen atoms in total. The largest absolute Gasteiger partial charge is 0.495 e.